The topological polar surface area (TPSA) is 99.7 Å². The summed E-state index contributed by atoms with van der Waals surface area (Å²) in [6, 6.07) is 5.49. The molecule has 0 unspecified atom stereocenters. The van der Waals surface area contributed by atoms with Gasteiger partial charge in [0.15, 0.2) is 5.69 Å². The first-order valence-corrected chi connectivity index (χ1v) is 8.79. The number of anilines is 1. The van der Waals surface area contributed by atoms with E-state index in [4.69, 9.17) is 5.26 Å². The number of nitrogens with zero attached hydrogens (tertiary/aromatic N) is 6. The van der Waals surface area contributed by atoms with Gasteiger partial charge in [-0.3, -0.25) is 4.79 Å². The number of carbonyl (C=O) groups is 1. The Hall–Kier alpha value is -2.60. The van der Waals surface area contributed by atoms with Gasteiger partial charge in [-0.05, 0) is 12.1 Å². The molecule has 1 aliphatic rings. The molecule has 1 fully saturated rings. The van der Waals surface area contributed by atoms with E-state index in [1.807, 2.05) is 22.7 Å². The maximum Gasteiger partial charge on any atom is 0.276 e. The van der Waals surface area contributed by atoms with Crippen molar-refractivity contribution in [2.24, 2.45) is 0 Å². The summed E-state index contributed by atoms with van der Waals surface area (Å²) in [6.45, 7) is 2.69. The molecule has 1 amide bonds. The minimum absolute atomic E-state index is 0.0525. The van der Waals surface area contributed by atoms with E-state index in [0.29, 0.717) is 30.2 Å². The zero-order valence-corrected chi connectivity index (χ0v) is 13.9. The summed E-state index contributed by atoms with van der Waals surface area (Å²) < 4.78 is 1.64. The molecule has 0 atom stereocenters. The van der Waals surface area contributed by atoms with Crippen molar-refractivity contribution in [1.82, 2.24) is 24.9 Å². The Balaban J connectivity index is 1.50. The van der Waals surface area contributed by atoms with Crippen LogP contribution >= 0.6 is 11.8 Å². The van der Waals surface area contributed by atoms with E-state index < -0.39 is 0 Å². The van der Waals surface area contributed by atoms with Crippen molar-refractivity contribution in [2.45, 2.75) is 6.54 Å². The average Bonchev–Trinajstić information content (AvgIpc) is 3.11. The van der Waals surface area contributed by atoms with Gasteiger partial charge in [0, 0.05) is 37.3 Å². The number of carbonyl (C=O) groups excluding carboxylic acids is 1. The molecular formula is C15H17N7OS. The van der Waals surface area contributed by atoms with Crippen LogP contribution in [-0.4, -0.2) is 61.9 Å². The molecule has 1 saturated heterocycles. The highest BCUT2D eigenvalue weighted by Crippen LogP contribution is 2.11. The van der Waals surface area contributed by atoms with Crippen LogP contribution in [0.15, 0.2) is 24.5 Å². The normalized spacial score (nSPS) is 14.2. The standard InChI is InChI=1S/C15H17N7OS/c16-9-12-1-2-14(18-10-12)17-3-4-22-11-13(19-20-22)15(23)21-5-7-24-8-6-21/h1-2,10-11H,3-8H2,(H,17,18). The molecule has 0 spiro atoms. The molecule has 3 heterocycles. The zero-order valence-electron chi connectivity index (χ0n) is 13.1. The molecule has 2 aromatic heterocycles. The predicted octanol–water partition coefficient (Wildman–Crippen LogP) is 0.846. The molecule has 0 aromatic carbocycles. The Labute approximate surface area is 143 Å². The molecule has 0 radical (unpaired) electrons. The Kier molecular flexibility index (Phi) is 5.28. The summed E-state index contributed by atoms with van der Waals surface area (Å²) in [5.74, 6) is 2.59. The molecular weight excluding hydrogens is 326 g/mol. The summed E-state index contributed by atoms with van der Waals surface area (Å²) >= 11 is 1.86. The summed E-state index contributed by atoms with van der Waals surface area (Å²) in [5.41, 5.74) is 0.912. The van der Waals surface area contributed by atoms with Crippen LogP contribution in [0.5, 0.6) is 0 Å². The predicted molar refractivity (Wildman–Crippen MR) is 90.7 cm³/mol. The van der Waals surface area contributed by atoms with Crippen LogP contribution in [0.1, 0.15) is 16.1 Å². The Bertz CT molecular complexity index is 731. The number of nitrogens with one attached hydrogen (secondary N) is 1. The Morgan fingerprint density at radius 1 is 1.38 bits per heavy atom. The van der Waals surface area contributed by atoms with Gasteiger partial charge in [0.1, 0.15) is 11.9 Å². The van der Waals surface area contributed by atoms with Gasteiger partial charge in [-0.25, -0.2) is 9.67 Å². The maximum absolute atomic E-state index is 12.3. The molecule has 3 rings (SSSR count). The van der Waals surface area contributed by atoms with Crippen molar-refractivity contribution in [1.29, 1.82) is 5.26 Å². The third-order valence-electron chi connectivity index (χ3n) is 3.60. The number of rotatable bonds is 5. The molecule has 1 aliphatic heterocycles. The SMILES string of the molecule is N#Cc1ccc(NCCn2cc(C(=O)N3CCSCC3)nn2)nc1. The minimum Gasteiger partial charge on any atom is -0.368 e. The van der Waals surface area contributed by atoms with Gasteiger partial charge in [-0.1, -0.05) is 5.21 Å². The van der Waals surface area contributed by atoms with Gasteiger partial charge < -0.3 is 10.2 Å². The third kappa shape index (κ3) is 4.02. The molecule has 0 bridgehead atoms. The van der Waals surface area contributed by atoms with Crippen LogP contribution in [0.4, 0.5) is 5.82 Å². The van der Waals surface area contributed by atoms with Crippen LogP contribution < -0.4 is 5.32 Å². The number of aromatic nitrogens is 4. The summed E-state index contributed by atoms with van der Waals surface area (Å²) in [6.07, 6.45) is 3.20. The van der Waals surface area contributed by atoms with Crippen LogP contribution in [0.25, 0.3) is 0 Å². The van der Waals surface area contributed by atoms with Gasteiger partial charge >= 0.3 is 0 Å². The monoisotopic (exact) mass is 343 g/mol. The van der Waals surface area contributed by atoms with Crippen LogP contribution in [-0.2, 0) is 6.54 Å². The second-order valence-electron chi connectivity index (χ2n) is 5.24. The van der Waals surface area contributed by atoms with E-state index in [-0.39, 0.29) is 5.91 Å². The minimum atomic E-state index is -0.0525. The molecule has 9 heteroatoms. The van der Waals surface area contributed by atoms with E-state index in [1.165, 1.54) is 6.20 Å². The Morgan fingerprint density at radius 2 is 2.21 bits per heavy atom. The van der Waals surface area contributed by atoms with Crippen molar-refractivity contribution in [3.05, 3.63) is 35.8 Å². The lowest BCUT2D eigenvalue weighted by Crippen LogP contribution is -2.38. The number of thioether (sulfide) groups is 1. The highest BCUT2D eigenvalue weighted by atomic mass is 32.2. The molecule has 2 aromatic rings. The van der Waals surface area contributed by atoms with Crippen molar-refractivity contribution >= 4 is 23.5 Å². The Morgan fingerprint density at radius 3 is 2.92 bits per heavy atom. The van der Waals surface area contributed by atoms with Gasteiger partial charge in [0.2, 0.25) is 0 Å². The average molecular weight is 343 g/mol. The number of hydrogen-bond donors (Lipinski definition) is 1. The molecule has 124 valence electrons. The van der Waals surface area contributed by atoms with Crippen molar-refractivity contribution < 1.29 is 4.79 Å². The number of hydrogen-bond acceptors (Lipinski definition) is 7. The summed E-state index contributed by atoms with van der Waals surface area (Å²) in [4.78, 5) is 18.3. The lowest BCUT2D eigenvalue weighted by Gasteiger charge is -2.25. The smallest absolute Gasteiger partial charge is 0.276 e. The van der Waals surface area contributed by atoms with Crippen molar-refractivity contribution in [3.63, 3.8) is 0 Å². The number of pyridine rings is 1. The van der Waals surface area contributed by atoms with E-state index in [2.05, 4.69) is 20.6 Å². The number of nitriles is 1. The third-order valence-corrected chi connectivity index (χ3v) is 4.54. The van der Waals surface area contributed by atoms with Crippen LogP contribution in [0.3, 0.4) is 0 Å². The van der Waals surface area contributed by atoms with Gasteiger partial charge in [-0.2, -0.15) is 17.0 Å². The van der Waals surface area contributed by atoms with E-state index in [1.54, 1.807) is 23.0 Å². The lowest BCUT2D eigenvalue weighted by atomic mass is 10.3. The second-order valence-corrected chi connectivity index (χ2v) is 6.47. The fourth-order valence-corrected chi connectivity index (χ4v) is 3.20. The summed E-state index contributed by atoms with van der Waals surface area (Å²) in [5, 5.41) is 19.8. The fourth-order valence-electron chi connectivity index (χ4n) is 2.30. The molecule has 1 N–H and O–H groups in total. The van der Waals surface area contributed by atoms with Crippen LogP contribution in [0, 0.1) is 11.3 Å². The first-order chi connectivity index (χ1) is 11.8. The lowest BCUT2D eigenvalue weighted by molar-refractivity contribution is 0.0766. The maximum atomic E-state index is 12.3. The van der Waals surface area contributed by atoms with Gasteiger partial charge in [-0.15, -0.1) is 5.10 Å². The van der Waals surface area contributed by atoms with E-state index in [9.17, 15) is 4.79 Å². The summed E-state index contributed by atoms with van der Waals surface area (Å²) in [7, 11) is 0. The largest absolute Gasteiger partial charge is 0.368 e. The highest BCUT2D eigenvalue weighted by molar-refractivity contribution is 7.99. The molecule has 24 heavy (non-hydrogen) atoms. The molecule has 8 nitrogen and oxygen atoms in total. The fraction of sp³-hybridized carbons (Fsp3) is 0.400. The van der Waals surface area contributed by atoms with Crippen molar-refractivity contribution in [3.8, 4) is 6.07 Å². The first-order valence-electron chi connectivity index (χ1n) is 7.63. The zero-order chi connectivity index (χ0) is 16.8. The van der Waals surface area contributed by atoms with E-state index in [0.717, 1.165) is 24.6 Å². The highest BCUT2D eigenvalue weighted by Gasteiger charge is 2.20. The quantitative estimate of drug-likeness (QED) is 0.859. The first kappa shape index (κ1) is 16.3. The van der Waals surface area contributed by atoms with Gasteiger partial charge in [0.05, 0.1) is 18.3 Å². The van der Waals surface area contributed by atoms with Gasteiger partial charge in [0.25, 0.3) is 5.91 Å². The number of amides is 1. The second kappa shape index (κ2) is 7.79. The van der Waals surface area contributed by atoms with Crippen molar-refractivity contribution in [2.75, 3.05) is 36.5 Å². The van der Waals surface area contributed by atoms with E-state index >= 15 is 0 Å². The molecule has 0 saturated carbocycles. The van der Waals surface area contributed by atoms with Crippen LogP contribution in [0.2, 0.25) is 0 Å². The molecule has 0 aliphatic carbocycles.